The highest BCUT2D eigenvalue weighted by Gasteiger charge is 2.18. The Morgan fingerprint density at radius 1 is 1.43 bits per heavy atom. The summed E-state index contributed by atoms with van der Waals surface area (Å²) >= 11 is 9.57. The Morgan fingerprint density at radius 2 is 2.07 bits per heavy atom. The van der Waals surface area contributed by atoms with E-state index >= 15 is 0 Å². The van der Waals surface area contributed by atoms with E-state index in [1.54, 1.807) is 0 Å². The molecule has 3 heteroatoms. The molecule has 0 radical (unpaired) electrons. The van der Waals surface area contributed by atoms with Gasteiger partial charge in [-0.25, -0.2) is 4.98 Å². The van der Waals surface area contributed by atoms with Crippen LogP contribution >= 0.6 is 27.5 Å². The number of rotatable bonds is 3. The van der Waals surface area contributed by atoms with E-state index in [4.69, 9.17) is 11.6 Å². The van der Waals surface area contributed by atoms with Gasteiger partial charge >= 0.3 is 0 Å². The summed E-state index contributed by atoms with van der Waals surface area (Å²) < 4.78 is 0. The van der Waals surface area contributed by atoms with Crippen LogP contribution in [0.2, 0.25) is 5.15 Å². The maximum absolute atomic E-state index is 6.07. The van der Waals surface area contributed by atoms with Crippen molar-refractivity contribution in [2.45, 2.75) is 27.2 Å². The summed E-state index contributed by atoms with van der Waals surface area (Å²) in [5.41, 5.74) is 2.32. The zero-order valence-corrected chi connectivity index (χ0v) is 11.1. The first-order valence-corrected chi connectivity index (χ1v) is 6.12. The molecule has 1 aromatic heterocycles. The monoisotopic (exact) mass is 275 g/mol. The first-order valence-electron chi connectivity index (χ1n) is 4.62. The van der Waals surface area contributed by atoms with E-state index in [1.807, 2.05) is 13.0 Å². The fraction of sp³-hybridized carbons (Fsp3) is 0.545. The molecule has 0 aliphatic heterocycles. The van der Waals surface area contributed by atoms with E-state index in [0.717, 1.165) is 23.0 Å². The molecule has 1 rings (SSSR count). The number of aromatic nitrogens is 1. The van der Waals surface area contributed by atoms with Crippen LogP contribution in [0.5, 0.6) is 0 Å². The van der Waals surface area contributed by atoms with Crippen LogP contribution in [0.1, 0.15) is 25.1 Å². The predicted molar refractivity (Wildman–Crippen MR) is 65.3 cm³/mol. The van der Waals surface area contributed by atoms with Crippen LogP contribution in [0.25, 0.3) is 0 Å². The molecule has 0 N–H and O–H groups in total. The first kappa shape index (κ1) is 12.0. The summed E-state index contributed by atoms with van der Waals surface area (Å²) in [6.45, 7) is 6.36. The number of nitrogens with zero attached hydrogens (tertiary/aromatic N) is 1. The highest BCUT2D eigenvalue weighted by molar-refractivity contribution is 9.09. The van der Waals surface area contributed by atoms with Crippen molar-refractivity contribution in [3.8, 4) is 0 Å². The molecule has 78 valence electrons. The molecule has 14 heavy (non-hydrogen) atoms. The Morgan fingerprint density at radius 3 is 2.57 bits per heavy atom. The third-order valence-electron chi connectivity index (χ3n) is 2.10. The third-order valence-corrected chi connectivity index (χ3v) is 3.94. The summed E-state index contributed by atoms with van der Waals surface area (Å²) in [4.78, 5) is 4.24. The largest absolute Gasteiger partial charge is 0.241 e. The first-order chi connectivity index (χ1) is 6.44. The van der Waals surface area contributed by atoms with Gasteiger partial charge in [-0.05, 0) is 30.4 Å². The molecular weight excluding hydrogens is 261 g/mol. The third kappa shape index (κ3) is 3.25. The zero-order valence-electron chi connectivity index (χ0n) is 8.77. The van der Waals surface area contributed by atoms with Gasteiger partial charge in [0.1, 0.15) is 5.15 Å². The van der Waals surface area contributed by atoms with Gasteiger partial charge in [0.15, 0.2) is 0 Å². The van der Waals surface area contributed by atoms with Crippen molar-refractivity contribution in [2.75, 3.05) is 5.33 Å². The van der Waals surface area contributed by atoms with Crippen molar-refractivity contribution >= 4 is 27.5 Å². The van der Waals surface area contributed by atoms with Crippen LogP contribution in [0.3, 0.4) is 0 Å². The number of hydrogen-bond donors (Lipinski definition) is 0. The lowest BCUT2D eigenvalue weighted by atomic mass is 9.88. The number of halogens is 2. The Balaban J connectivity index is 2.87. The lowest BCUT2D eigenvalue weighted by Gasteiger charge is -2.21. The molecule has 0 atom stereocenters. The lowest BCUT2D eigenvalue weighted by molar-refractivity contribution is 0.424. The van der Waals surface area contributed by atoms with E-state index in [-0.39, 0.29) is 5.41 Å². The van der Waals surface area contributed by atoms with Crippen molar-refractivity contribution in [1.82, 2.24) is 4.98 Å². The summed E-state index contributed by atoms with van der Waals surface area (Å²) in [5.74, 6) is 0. The van der Waals surface area contributed by atoms with E-state index in [9.17, 15) is 0 Å². The van der Waals surface area contributed by atoms with Gasteiger partial charge in [-0.1, -0.05) is 47.4 Å². The summed E-state index contributed by atoms with van der Waals surface area (Å²) in [5, 5.41) is 1.60. The fourth-order valence-corrected chi connectivity index (χ4v) is 1.71. The number of alkyl halides is 1. The van der Waals surface area contributed by atoms with Crippen LogP contribution in [-0.4, -0.2) is 10.3 Å². The standard InChI is InChI=1S/C11H15BrClN/c1-8-4-5-9(10(13)14-8)6-11(2,3)7-12/h4-5H,6-7H2,1-3H3. The lowest BCUT2D eigenvalue weighted by Crippen LogP contribution is -2.17. The molecule has 1 nitrogen and oxygen atoms in total. The van der Waals surface area contributed by atoms with Gasteiger partial charge in [-0.2, -0.15) is 0 Å². The van der Waals surface area contributed by atoms with Crippen LogP contribution in [0.4, 0.5) is 0 Å². The van der Waals surface area contributed by atoms with Crippen molar-refractivity contribution in [2.24, 2.45) is 5.41 Å². The highest BCUT2D eigenvalue weighted by atomic mass is 79.9. The van der Waals surface area contributed by atoms with Gasteiger partial charge in [0.25, 0.3) is 0 Å². The second-order valence-electron chi connectivity index (χ2n) is 4.38. The molecule has 0 aliphatic rings. The van der Waals surface area contributed by atoms with Crippen LogP contribution in [0.15, 0.2) is 12.1 Å². The molecule has 0 saturated carbocycles. The van der Waals surface area contributed by atoms with E-state index in [2.05, 4.69) is 40.8 Å². The Labute approximate surface area is 99.0 Å². The molecule has 1 aromatic rings. The minimum absolute atomic E-state index is 0.223. The van der Waals surface area contributed by atoms with Crippen LogP contribution in [0, 0.1) is 12.3 Å². The van der Waals surface area contributed by atoms with Gasteiger partial charge in [-0.3, -0.25) is 0 Å². The van der Waals surface area contributed by atoms with Gasteiger partial charge in [0, 0.05) is 11.0 Å². The van der Waals surface area contributed by atoms with Crippen molar-refractivity contribution in [1.29, 1.82) is 0 Å². The predicted octanol–water partition coefficient (Wildman–Crippen LogP) is 4.01. The number of hydrogen-bond acceptors (Lipinski definition) is 1. The molecule has 0 saturated heterocycles. The Hall–Kier alpha value is -0.0800. The van der Waals surface area contributed by atoms with Crippen molar-refractivity contribution < 1.29 is 0 Å². The van der Waals surface area contributed by atoms with E-state index in [1.165, 1.54) is 0 Å². The quantitative estimate of drug-likeness (QED) is 0.600. The zero-order chi connectivity index (χ0) is 10.8. The molecule has 0 amide bonds. The maximum Gasteiger partial charge on any atom is 0.132 e. The smallest absolute Gasteiger partial charge is 0.132 e. The van der Waals surface area contributed by atoms with Gasteiger partial charge in [0.2, 0.25) is 0 Å². The number of aryl methyl sites for hydroxylation is 1. The summed E-state index contributed by atoms with van der Waals surface area (Å²) in [6, 6.07) is 4.07. The molecule has 0 aliphatic carbocycles. The molecule has 1 heterocycles. The second-order valence-corrected chi connectivity index (χ2v) is 5.30. The fourth-order valence-electron chi connectivity index (χ4n) is 1.25. The highest BCUT2D eigenvalue weighted by Crippen LogP contribution is 2.27. The van der Waals surface area contributed by atoms with Gasteiger partial charge in [-0.15, -0.1) is 0 Å². The number of pyridine rings is 1. The van der Waals surface area contributed by atoms with E-state index < -0.39 is 0 Å². The van der Waals surface area contributed by atoms with Crippen LogP contribution < -0.4 is 0 Å². The Bertz CT molecular complexity index is 323. The topological polar surface area (TPSA) is 12.9 Å². The van der Waals surface area contributed by atoms with Gasteiger partial charge < -0.3 is 0 Å². The molecule has 0 bridgehead atoms. The second kappa shape index (κ2) is 4.63. The maximum atomic E-state index is 6.07. The molecule has 0 spiro atoms. The minimum atomic E-state index is 0.223. The molecule has 0 aromatic carbocycles. The molecular formula is C11H15BrClN. The Kier molecular flexibility index (Phi) is 3.96. The average molecular weight is 277 g/mol. The van der Waals surface area contributed by atoms with E-state index in [0.29, 0.717) is 5.15 Å². The van der Waals surface area contributed by atoms with Crippen molar-refractivity contribution in [3.63, 3.8) is 0 Å². The van der Waals surface area contributed by atoms with Gasteiger partial charge in [0.05, 0.1) is 0 Å². The minimum Gasteiger partial charge on any atom is -0.241 e. The SMILES string of the molecule is Cc1ccc(CC(C)(C)CBr)c(Cl)n1. The summed E-state index contributed by atoms with van der Waals surface area (Å²) in [6.07, 6.45) is 0.949. The molecule has 0 fully saturated rings. The van der Waals surface area contributed by atoms with Crippen LogP contribution in [-0.2, 0) is 6.42 Å². The molecule has 0 unspecified atom stereocenters. The summed E-state index contributed by atoms with van der Waals surface area (Å²) in [7, 11) is 0. The van der Waals surface area contributed by atoms with Crippen molar-refractivity contribution in [3.05, 3.63) is 28.5 Å². The average Bonchev–Trinajstić information content (AvgIpc) is 2.10. The normalized spacial score (nSPS) is 11.8.